The Labute approximate surface area is 233 Å². The van der Waals surface area contributed by atoms with E-state index in [2.05, 4.69) is 0 Å². The molecule has 0 aromatic heterocycles. The SMILES string of the molecule is COC(=O)CN1C(=S)N(c2ccc(OC)cc2)C(=O)/C1=C/c1cc(Cl)c(OCc2ccc(F)cc2)c(Cl)c1. The molecule has 3 aromatic rings. The minimum atomic E-state index is -0.580. The number of benzene rings is 3. The maximum Gasteiger partial charge on any atom is 0.325 e. The van der Waals surface area contributed by atoms with Gasteiger partial charge in [0.05, 0.1) is 30.0 Å². The van der Waals surface area contributed by atoms with E-state index in [0.717, 1.165) is 5.56 Å². The van der Waals surface area contributed by atoms with Crippen LogP contribution in [0.15, 0.2) is 66.4 Å². The molecule has 0 N–H and O–H groups in total. The average molecular weight is 575 g/mol. The van der Waals surface area contributed by atoms with Gasteiger partial charge in [-0.1, -0.05) is 35.3 Å². The zero-order chi connectivity index (χ0) is 27.4. The lowest BCUT2D eigenvalue weighted by atomic mass is 10.1. The number of esters is 1. The van der Waals surface area contributed by atoms with Gasteiger partial charge in [-0.25, -0.2) is 4.39 Å². The average Bonchev–Trinajstić information content (AvgIpc) is 3.13. The Morgan fingerprint density at radius 2 is 1.66 bits per heavy atom. The number of hydrogen-bond acceptors (Lipinski definition) is 6. The number of amides is 1. The summed E-state index contributed by atoms with van der Waals surface area (Å²) in [7, 11) is 2.78. The largest absolute Gasteiger partial charge is 0.497 e. The van der Waals surface area contributed by atoms with Gasteiger partial charge < -0.3 is 19.1 Å². The Morgan fingerprint density at radius 3 is 2.24 bits per heavy atom. The van der Waals surface area contributed by atoms with Crippen molar-refractivity contribution in [3.63, 3.8) is 0 Å². The van der Waals surface area contributed by atoms with Crippen LogP contribution in [0, 0.1) is 5.82 Å². The second kappa shape index (κ2) is 11.8. The van der Waals surface area contributed by atoms with Crippen molar-refractivity contribution >= 4 is 64.2 Å². The Kier molecular flexibility index (Phi) is 8.51. The summed E-state index contributed by atoms with van der Waals surface area (Å²) in [6.07, 6.45) is 1.53. The van der Waals surface area contributed by atoms with E-state index >= 15 is 0 Å². The van der Waals surface area contributed by atoms with E-state index in [1.54, 1.807) is 48.5 Å². The summed E-state index contributed by atoms with van der Waals surface area (Å²) in [5.74, 6) is -0.537. The number of nitrogens with zero attached hydrogens (tertiary/aromatic N) is 2. The number of thiocarbonyl (C=S) groups is 1. The fourth-order valence-corrected chi connectivity index (χ4v) is 4.64. The maximum absolute atomic E-state index is 13.5. The third-order valence-electron chi connectivity index (χ3n) is 5.60. The Bertz CT molecular complexity index is 1390. The van der Waals surface area contributed by atoms with Crippen LogP contribution >= 0.6 is 35.4 Å². The fourth-order valence-electron chi connectivity index (χ4n) is 3.68. The van der Waals surface area contributed by atoms with Crippen LogP contribution in [-0.2, 0) is 20.9 Å². The highest BCUT2D eigenvalue weighted by Crippen LogP contribution is 2.37. The molecule has 4 rings (SSSR count). The summed E-state index contributed by atoms with van der Waals surface area (Å²) < 4.78 is 28.9. The second-order valence-corrected chi connectivity index (χ2v) is 9.22. The van der Waals surface area contributed by atoms with Gasteiger partial charge in [0, 0.05) is 0 Å². The molecule has 7 nitrogen and oxygen atoms in total. The standard InChI is InChI=1S/C27H21Cl2FN2O5S/c1-35-20-9-7-19(8-10-20)32-26(34)23(31(27(32)38)14-24(33)36-2)13-17-11-21(28)25(22(29)12-17)37-15-16-3-5-18(30)6-4-16/h3-13H,14-15H2,1-2H3/b23-13-. The van der Waals surface area contributed by atoms with Crippen molar-refractivity contribution in [3.8, 4) is 11.5 Å². The third kappa shape index (κ3) is 5.91. The van der Waals surface area contributed by atoms with Crippen LogP contribution in [-0.4, -0.2) is 42.7 Å². The molecule has 0 spiro atoms. The molecule has 1 heterocycles. The molecule has 1 aliphatic heterocycles. The number of ether oxygens (including phenoxy) is 3. The maximum atomic E-state index is 13.5. The molecule has 1 saturated heterocycles. The Hall–Kier alpha value is -3.66. The fraction of sp³-hybridized carbons (Fsp3) is 0.148. The lowest BCUT2D eigenvalue weighted by Crippen LogP contribution is -2.35. The van der Waals surface area contributed by atoms with Crippen LogP contribution in [0.5, 0.6) is 11.5 Å². The summed E-state index contributed by atoms with van der Waals surface area (Å²) in [6, 6.07) is 15.7. The van der Waals surface area contributed by atoms with Crippen molar-refractivity contribution in [1.82, 2.24) is 4.90 Å². The van der Waals surface area contributed by atoms with Crippen molar-refractivity contribution in [3.05, 3.63) is 93.4 Å². The van der Waals surface area contributed by atoms with E-state index in [4.69, 9.17) is 49.6 Å². The molecule has 1 amide bonds. The first-order valence-electron chi connectivity index (χ1n) is 11.2. The van der Waals surface area contributed by atoms with Gasteiger partial charge in [-0.05, 0) is 78.0 Å². The predicted octanol–water partition coefficient (Wildman–Crippen LogP) is 5.87. The van der Waals surface area contributed by atoms with Gasteiger partial charge in [0.1, 0.15) is 30.4 Å². The van der Waals surface area contributed by atoms with Crippen LogP contribution in [0.25, 0.3) is 6.08 Å². The monoisotopic (exact) mass is 574 g/mol. The summed E-state index contributed by atoms with van der Waals surface area (Å²) in [6.45, 7) is -0.156. The first kappa shape index (κ1) is 27.4. The third-order valence-corrected chi connectivity index (χ3v) is 6.57. The highest BCUT2D eigenvalue weighted by molar-refractivity contribution is 7.80. The van der Waals surface area contributed by atoms with Crippen molar-refractivity contribution in [1.29, 1.82) is 0 Å². The highest BCUT2D eigenvalue weighted by Gasteiger charge is 2.40. The quantitative estimate of drug-likeness (QED) is 0.189. The minimum absolute atomic E-state index is 0.105. The van der Waals surface area contributed by atoms with Crippen molar-refractivity contribution in [2.45, 2.75) is 6.61 Å². The first-order valence-corrected chi connectivity index (χ1v) is 12.3. The van der Waals surface area contributed by atoms with Gasteiger partial charge in [-0.2, -0.15) is 0 Å². The number of hydrogen-bond donors (Lipinski definition) is 0. The molecule has 0 bridgehead atoms. The number of methoxy groups -OCH3 is 2. The van der Waals surface area contributed by atoms with Crippen LogP contribution in [0.2, 0.25) is 10.0 Å². The van der Waals surface area contributed by atoms with Gasteiger partial charge in [-0.3, -0.25) is 14.5 Å². The molecule has 3 aromatic carbocycles. The molecule has 196 valence electrons. The van der Waals surface area contributed by atoms with Crippen LogP contribution in [0.4, 0.5) is 10.1 Å². The van der Waals surface area contributed by atoms with E-state index < -0.39 is 11.9 Å². The van der Waals surface area contributed by atoms with E-state index in [9.17, 15) is 14.0 Å². The smallest absolute Gasteiger partial charge is 0.325 e. The number of anilines is 1. The Morgan fingerprint density at radius 1 is 1.03 bits per heavy atom. The van der Waals surface area contributed by atoms with Crippen molar-refractivity contribution < 1.29 is 28.2 Å². The highest BCUT2D eigenvalue weighted by atomic mass is 35.5. The zero-order valence-corrected chi connectivity index (χ0v) is 22.6. The number of halogens is 3. The van der Waals surface area contributed by atoms with E-state index in [1.165, 1.54) is 42.2 Å². The van der Waals surface area contributed by atoms with E-state index in [-0.39, 0.29) is 45.6 Å². The molecule has 38 heavy (non-hydrogen) atoms. The molecule has 1 aliphatic rings. The topological polar surface area (TPSA) is 68.3 Å². The number of carbonyl (C=O) groups is 2. The molecule has 0 aliphatic carbocycles. The Balaban J connectivity index is 1.65. The van der Waals surface area contributed by atoms with Gasteiger partial charge in [-0.15, -0.1) is 0 Å². The molecule has 0 radical (unpaired) electrons. The normalized spacial score (nSPS) is 14.3. The minimum Gasteiger partial charge on any atom is -0.497 e. The number of rotatable bonds is 8. The second-order valence-electron chi connectivity index (χ2n) is 8.04. The van der Waals surface area contributed by atoms with Gasteiger partial charge in [0.25, 0.3) is 5.91 Å². The summed E-state index contributed by atoms with van der Waals surface area (Å²) in [5.41, 5.74) is 1.83. The summed E-state index contributed by atoms with van der Waals surface area (Å²) >= 11 is 18.5. The van der Waals surface area contributed by atoms with Crippen LogP contribution < -0.4 is 14.4 Å². The molecule has 0 atom stereocenters. The molecule has 0 unspecified atom stereocenters. The lowest BCUT2D eigenvalue weighted by Gasteiger charge is -2.19. The van der Waals surface area contributed by atoms with E-state index in [1.807, 2.05) is 0 Å². The summed E-state index contributed by atoms with van der Waals surface area (Å²) in [4.78, 5) is 28.3. The zero-order valence-electron chi connectivity index (χ0n) is 20.2. The van der Waals surface area contributed by atoms with Crippen molar-refractivity contribution in [2.75, 3.05) is 25.7 Å². The molecular formula is C27H21Cl2FN2O5S. The molecular weight excluding hydrogens is 554 g/mol. The number of carbonyl (C=O) groups excluding carboxylic acids is 2. The summed E-state index contributed by atoms with van der Waals surface area (Å²) in [5, 5.41) is 0.505. The van der Waals surface area contributed by atoms with Crippen LogP contribution in [0.3, 0.4) is 0 Å². The van der Waals surface area contributed by atoms with Crippen LogP contribution in [0.1, 0.15) is 11.1 Å². The predicted molar refractivity (Wildman–Crippen MR) is 147 cm³/mol. The van der Waals surface area contributed by atoms with Gasteiger partial charge in [0.15, 0.2) is 10.9 Å². The first-order chi connectivity index (χ1) is 18.2. The van der Waals surface area contributed by atoms with Gasteiger partial charge >= 0.3 is 5.97 Å². The molecule has 1 fully saturated rings. The lowest BCUT2D eigenvalue weighted by molar-refractivity contribution is -0.140. The van der Waals surface area contributed by atoms with E-state index in [0.29, 0.717) is 17.0 Å². The van der Waals surface area contributed by atoms with Gasteiger partial charge in [0.2, 0.25) is 0 Å². The van der Waals surface area contributed by atoms with Crippen molar-refractivity contribution in [2.24, 2.45) is 0 Å². The molecule has 0 saturated carbocycles. The molecule has 11 heteroatoms.